The number of rotatable bonds is 2. The van der Waals surface area contributed by atoms with E-state index >= 15 is 0 Å². The molecular weight excluding hydrogens is 234 g/mol. The summed E-state index contributed by atoms with van der Waals surface area (Å²) in [5, 5.41) is 3.90. The van der Waals surface area contributed by atoms with Crippen molar-refractivity contribution in [1.82, 2.24) is 16.2 Å². The highest BCUT2D eigenvalue weighted by Crippen LogP contribution is 2.44. The Morgan fingerprint density at radius 3 is 2.47 bits per heavy atom. The summed E-state index contributed by atoms with van der Waals surface area (Å²) in [5.74, 6) is 1.98. The fraction of sp³-hybridized carbons (Fsp3) is 0.833. The molecule has 3 rings (SSSR count). The maximum absolute atomic E-state index is 11.4. The summed E-state index contributed by atoms with van der Waals surface area (Å²) in [6.07, 6.45) is 7.35. The zero-order valence-electron chi connectivity index (χ0n) is 9.87. The Hall–Kier alpha value is -0.840. The highest BCUT2D eigenvalue weighted by atomic mass is 32.1. The predicted molar refractivity (Wildman–Crippen MR) is 69.0 cm³/mol. The molecule has 0 aromatic carbocycles. The van der Waals surface area contributed by atoms with Gasteiger partial charge in [-0.2, -0.15) is 0 Å². The van der Waals surface area contributed by atoms with E-state index in [0.29, 0.717) is 11.2 Å². The van der Waals surface area contributed by atoms with Crippen LogP contribution in [-0.2, 0) is 4.79 Å². The number of thiocarbonyl (C=S) groups is 1. The molecule has 3 saturated carbocycles. The minimum atomic E-state index is 0.0714. The van der Waals surface area contributed by atoms with Crippen molar-refractivity contribution in [2.45, 2.75) is 44.6 Å². The summed E-state index contributed by atoms with van der Waals surface area (Å²) >= 11 is 5.19. The molecule has 0 heterocycles. The summed E-state index contributed by atoms with van der Waals surface area (Å²) in [4.78, 5) is 11.4. The van der Waals surface area contributed by atoms with Crippen LogP contribution in [0.4, 0.5) is 0 Å². The molecule has 0 saturated heterocycles. The topological polar surface area (TPSA) is 53.2 Å². The van der Waals surface area contributed by atoms with Crippen molar-refractivity contribution in [2.75, 3.05) is 0 Å². The normalized spacial score (nSPS) is 34.5. The van der Waals surface area contributed by atoms with E-state index in [2.05, 4.69) is 16.2 Å². The molecule has 0 spiro atoms. The summed E-state index contributed by atoms with van der Waals surface area (Å²) in [7, 11) is 0. The SMILES string of the molecule is O=C(NNC(=S)N[C@@H]1C[C@@H]2CC[C@H]1C2)C1CC1. The van der Waals surface area contributed by atoms with Crippen molar-refractivity contribution in [2.24, 2.45) is 17.8 Å². The van der Waals surface area contributed by atoms with Crippen LogP contribution in [0.5, 0.6) is 0 Å². The molecule has 0 aromatic heterocycles. The van der Waals surface area contributed by atoms with E-state index in [0.717, 1.165) is 24.7 Å². The quantitative estimate of drug-likeness (QED) is 0.509. The van der Waals surface area contributed by atoms with E-state index in [4.69, 9.17) is 12.2 Å². The van der Waals surface area contributed by atoms with Crippen LogP contribution < -0.4 is 16.2 Å². The van der Waals surface area contributed by atoms with Crippen molar-refractivity contribution in [1.29, 1.82) is 0 Å². The van der Waals surface area contributed by atoms with Crippen LogP contribution in [0, 0.1) is 17.8 Å². The molecule has 3 fully saturated rings. The fourth-order valence-electron chi connectivity index (χ4n) is 3.19. The summed E-state index contributed by atoms with van der Waals surface area (Å²) < 4.78 is 0. The van der Waals surface area contributed by atoms with Gasteiger partial charge >= 0.3 is 0 Å². The number of hydrogen-bond donors (Lipinski definition) is 3. The molecule has 5 heteroatoms. The first-order valence-corrected chi connectivity index (χ1v) is 6.99. The molecular formula is C12H19N3OS. The van der Waals surface area contributed by atoms with Gasteiger partial charge in [0.15, 0.2) is 5.11 Å². The van der Waals surface area contributed by atoms with Crippen molar-refractivity contribution in [3.05, 3.63) is 0 Å². The third-order valence-corrected chi connectivity index (χ3v) is 4.52. The molecule has 0 unspecified atom stereocenters. The smallest absolute Gasteiger partial charge is 0.241 e. The first-order chi connectivity index (χ1) is 8.22. The molecule has 3 aliphatic carbocycles. The number of nitrogens with one attached hydrogen (secondary N) is 3. The highest BCUT2D eigenvalue weighted by molar-refractivity contribution is 7.80. The molecule has 3 N–H and O–H groups in total. The van der Waals surface area contributed by atoms with E-state index < -0.39 is 0 Å². The lowest BCUT2D eigenvalue weighted by atomic mass is 9.96. The van der Waals surface area contributed by atoms with Crippen LogP contribution in [0.2, 0.25) is 0 Å². The molecule has 0 aromatic rings. The Bertz CT molecular complexity index is 343. The van der Waals surface area contributed by atoms with Crippen molar-refractivity contribution < 1.29 is 4.79 Å². The largest absolute Gasteiger partial charge is 0.358 e. The number of carbonyl (C=O) groups is 1. The van der Waals surface area contributed by atoms with Crippen LogP contribution >= 0.6 is 12.2 Å². The third-order valence-electron chi connectivity index (χ3n) is 4.30. The molecule has 17 heavy (non-hydrogen) atoms. The lowest BCUT2D eigenvalue weighted by Gasteiger charge is -2.24. The number of amides is 1. The minimum Gasteiger partial charge on any atom is -0.358 e. The Morgan fingerprint density at radius 2 is 1.88 bits per heavy atom. The minimum absolute atomic E-state index is 0.0714. The molecule has 2 bridgehead atoms. The van der Waals surface area contributed by atoms with Gasteiger partial charge in [-0.1, -0.05) is 6.42 Å². The van der Waals surface area contributed by atoms with Crippen LogP contribution in [0.25, 0.3) is 0 Å². The molecule has 3 atom stereocenters. The van der Waals surface area contributed by atoms with E-state index in [1.165, 1.54) is 25.7 Å². The molecule has 94 valence electrons. The highest BCUT2D eigenvalue weighted by Gasteiger charge is 2.39. The summed E-state index contributed by atoms with van der Waals surface area (Å²) in [5.41, 5.74) is 5.48. The summed E-state index contributed by atoms with van der Waals surface area (Å²) in [6.45, 7) is 0. The Morgan fingerprint density at radius 1 is 1.06 bits per heavy atom. The van der Waals surface area contributed by atoms with Crippen LogP contribution in [0.3, 0.4) is 0 Å². The average Bonchev–Trinajstić information content (AvgIpc) is 2.97. The van der Waals surface area contributed by atoms with Gasteiger partial charge in [-0.25, -0.2) is 0 Å². The molecule has 3 aliphatic rings. The Balaban J connectivity index is 1.39. The Kier molecular flexibility index (Phi) is 2.94. The van der Waals surface area contributed by atoms with Gasteiger partial charge in [0.05, 0.1) is 0 Å². The number of carbonyl (C=O) groups excluding carboxylic acids is 1. The number of hydrogen-bond acceptors (Lipinski definition) is 2. The standard InChI is InChI=1S/C12H19N3OS/c16-11(8-3-4-8)14-15-12(17)13-10-6-7-1-2-9(10)5-7/h7-10H,1-6H2,(H,14,16)(H2,13,15,17)/t7-,9+,10-/m1/s1. The van der Waals surface area contributed by atoms with Gasteiger partial charge in [0.1, 0.15) is 0 Å². The number of fused-ring (bicyclic) bond motifs is 2. The van der Waals surface area contributed by atoms with E-state index in [-0.39, 0.29) is 11.8 Å². The molecule has 4 nitrogen and oxygen atoms in total. The number of hydrazine groups is 1. The second kappa shape index (κ2) is 4.44. The van der Waals surface area contributed by atoms with Crippen molar-refractivity contribution in [3.63, 3.8) is 0 Å². The molecule has 1 amide bonds. The summed E-state index contributed by atoms with van der Waals surface area (Å²) in [6, 6.07) is 0.520. The van der Waals surface area contributed by atoms with Gasteiger partial charge < -0.3 is 5.32 Å². The van der Waals surface area contributed by atoms with Crippen molar-refractivity contribution >= 4 is 23.2 Å². The predicted octanol–water partition coefficient (Wildman–Crippen LogP) is 1.08. The van der Waals surface area contributed by atoms with Gasteiger partial charge in [0, 0.05) is 12.0 Å². The monoisotopic (exact) mass is 253 g/mol. The molecule has 0 radical (unpaired) electrons. The van der Waals surface area contributed by atoms with E-state index in [1.54, 1.807) is 0 Å². The zero-order valence-corrected chi connectivity index (χ0v) is 10.7. The van der Waals surface area contributed by atoms with Gasteiger partial charge in [-0.3, -0.25) is 15.6 Å². The maximum Gasteiger partial charge on any atom is 0.241 e. The van der Waals surface area contributed by atoms with Crippen LogP contribution in [-0.4, -0.2) is 17.1 Å². The first kappa shape index (κ1) is 11.3. The lowest BCUT2D eigenvalue weighted by molar-refractivity contribution is -0.122. The van der Waals surface area contributed by atoms with E-state index in [1.807, 2.05) is 0 Å². The first-order valence-electron chi connectivity index (χ1n) is 6.58. The molecule has 0 aliphatic heterocycles. The van der Waals surface area contributed by atoms with Gasteiger partial charge in [0.25, 0.3) is 0 Å². The van der Waals surface area contributed by atoms with Gasteiger partial charge in [-0.05, 0) is 56.2 Å². The van der Waals surface area contributed by atoms with Gasteiger partial charge in [0.2, 0.25) is 5.91 Å². The van der Waals surface area contributed by atoms with Gasteiger partial charge in [-0.15, -0.1) is 0 Å². The second-order valence-corrected chi connectivity index (χ2v) is 6.05. The van der Waals surface area contributed by atoms with Crippen molar-refractivity contribution in [3.8, 4) is 0 Å². The average molecular weight is 253 g/mol. The zero-order chi connectivity index (χ0) is 11.8. The van der Waals surface area contributed by atoms with Crippen LogP contribution in [0.1, 0.15) is 38.5 Å². The maximum atomic E-state index is 11.4. The van der Waals surface area contributed by atoms with E-state index in [9.17, 15) is 4.79 Å². The Labute approximate surface area is 107 Å². The second-order valence-electron chi connectivity index (χ2n) is 5.64. The third kappa shape index (κ3) is 2.54. The van der Waals surface area contributed by atoms with Crippen LogP contribution in [0.15, 0.2) is 0 Å². The fourth-order valence-corrected chi connectivity index (χ4v) is 3.39. The lowest BCUT2D eigenvalue weighted by Crippen LogP contribution is -2.51.